The molecule has 1 aliphatic rings. The zero-order valence-corrected chi connectivity index (χ0v) is 18.3. The summed E-state index contributed by atoms with van der Waals surface area (Å²) in [7, 11) is 0. The van der Waals surface area contributed by atoms with Crippen LogP contribution < -0.4 is 10.6 Å². The predicted molar refractivity (Wildman–Crippen MR) is 120 cm³/mol. The lowest BCUT2D eigenvalue weighted by Crippen LogP contribution is -2.37. The molecule has 0 aromatic carbocycles. The van der Waals surface area contributed by atoms with E-state index in [0.29, 0.717) is 25.0 Å². The molecule has 0 saturated heterocycles. The van der Waals surface area contributed by atoms with Crippen molar-refractivity contribution in [2.75, 3.05) is 13.2 Å². The molecule has 0 amide bonds. The Balaban J connectivity index is 0.00000119. The van der Waals surface area contributed by atoms with Crippen molar-refractivity contribution in [3.05, 3.63) is 61.2 Å². The summed E-state index contributed by atoms with van der Waals surface area (Å²) in [6.07, 6.45) is 12.8. The molecule has 27 heavy (non-hydrogen) atoms. The van der Waals surface area contributed by atoms with E-state index in [1.54, 1.807) is 0 Å². The van der Waals surface area contributed by atoms with Crippen LogP contribution in [0.3, 0.4) is 0 Å². The quantitative estimate of drug-likeness (QED) is 0.320. The number of ether oxygens (including phenoxy) is 1. The minimum absolute atomic E-state index is 0.100. The third-order valence-corrected chi connectivity index (χ3v) is 4.24. The topological polar surface area (TPSA) is 33.3 Å². The molecule has 0 aromatic heterocycles. The lowest BCUT2D eigenvalue weighted by atomic mass is 10.0. The Morgan fingerprint density at radius 1 is 1.19 bits per heavy atom. The van der Waals surface area contributed by atoms with Gasteiger partial charge in [0.05, 0.1) is 6.04 Å². The molecule has 0 aliphatic heterocycles. The normalized spacial score (nSPS) is 14.0. The smallest absolute Gasteiger partial charge is 0.180 e. The van der Waals surface area contributed by atoms with Crippen molar-refractivity contribution >= 4 is 0 Å². The van der Waals surface area contributed by atoms with E-state index in [1.165, 1.54) is 12.0 Å². The summed E-state index contributed by atoms with van der Waals surface area (Å²) in [5.41, 5.74) is 2.15. The number of hydrogen-bond donors (Lipinski definition) is 2. The lowest BCUT2D eigenvalue weighted by Gasteiger charge is -2.25. The van der Waals surface area contributed by atoms with Gasteiger partial charge in [0.25, 0.3) is 0 Å². The second-order valence-electron chi connectivity index (χ2n) is 7.79. The summed E-state index contributed by atoms with van der Waals surface area (Å²) < 4.78 is 5.73. The van der Waals surface area contributed by atoms with Crippen LogP contribution in [-0.2, 0) is 4.74 Å². The monoisotopic (exact) mass is 374 g/mol. The first kappa shape index (κ1) is 25.1. The first-order valence-electron chi connectivity index (χ1n) is 10.3. The number of hydrogen-bond acceptors (Lipinski definition) is 3. The van der Waals surface area contributed by atoms with Crippen LogP contribution in [0, 0.1) is 11.8 Å². The highest BCUT2D eigenvalue weighted by molar-refractivity contribution is 5.22. The molecule has 1 rings (SSSR count). The van der Waals surface area contributed by atoms with Crippen molar-refractivity contribution in [2.45, 2.75) is 66.3 Å². The second kappa shape index (κ2) is 15.2. The third-order valence-electron chi connectivity index (χ3n) is 4.24. The van der Waals surface area contributed by atoms with Crippen LogP contribution in [0.5, 0.6) is 0 Å². The van der Waals surface area contributed by atoms with Crippen LogP contribution in [0.4, 0.5) is 0 Å². The van der Waals surface area contributed by atoms with Gasteiger partial charge in [0.2, 0.25) is 0 Å². The van der Waals surface area contributed by atoms with Gasteiger partial charge in [-0.1, -0.05) is 71.9 Å². The molecule has 0 aromatic rings. The molecule has 2 N–H and O–H groups in total. The van der Waals surface area contributed by atoms with Crippen molar-refractivity contribution in [2.24, 2.45) is 11.8 Å². The van der Waals surface area contributed by atoms with E-state index in [2.05, 4.69) is 83.2 Å². The molecule has 3 nitrogen and oxygen atoms in total. The fourth-order valence-electron chi connectivity index (χ4n) is 2.27. The molecule has 0 fully saturated rings. The summed E-state index contributed by atoms with van der Waals surface area (Å²) in [6, 6.07) is 0.100. The molecule has 0 spiro atoms. The summed E-state index contributed by atoms with van der Waals surface area (Å²) in [6.45, 7) is 24.1. The van der Waals surface area contributed by atoms with Crippen molar-refractivity contribution in [1.82, 2.24) is 10.6 Å². The molecule has 0 saturated carbocycles. The Morgan fingerprint density at radius 2 is 1.85 bits per heavy atom. The highest BCUT2D eigenvalue weighted by Crippen LogP contribution is 2.14. The number of nitrogens with one attached hydrogen (secondary N) is 2. The van der Waals surface area contributed by atoms with Crippen molar-refractivity contribution in [1.29, 1.82) is 0 Å². The van der Waals surface area contributed by atoms with Crippen LogP contribution in [0.2, 0.25) is 0 Å². The van der Waals surface area contributed by atoms with Crippen LogP contribution in [0.1, 0.15) is 60.3 Å². The van der Waals surface area contributed by atoms with Gasteiger partial charge in [-0.3, -0.25) is 0 Å². The fourth-order valence-corrected chi connectivity index (χ4v) is 2.27. The highest BCUT2D eigenvalue weighted by atomic mass is 16.5. The van der Waals surface area contributed by atoms with Crippen molar-refractivity contribution in [3.63, 3.8) is 0 Å². The van der Waals surface area contributed by atoms with E-state index < -0.39 is 0 Å². The van der Waals surface area contributed by atoms with E-state index in [1.807, 2.05) is 6.08 Å². The average molecular weight is 375 g/mol. The van der Waals surface area contributed by atoms with E-state index in [0.717, 1.165) is 30.9 Å². The van der Waals surface area contributed by atoms with Crippen LogP contribution >= 0.6 is 0 Å². The Kier molecular flexibility index (Phi) is 14.1. The Hall–Kier alpha value is -1.90. The van der Waals surface area contributed by atoms with E-state index in [-0.39, 0.29) is 6.04 Å². The molecule has 0 heterocycles. The minimum Gasteiger partial charge on any atom is -0.475 e. The summed E-state index contributed by atoms with van der Waals surface area (Å²) in [5, 5.41) is 6.59. The maximum Gasteiger partial charge on any atom is 0.180 e. The zero-order valence-electron chi connectivity index (χ0n) is 18.3. The summed E-state index contributed by atoms with van der Waals surface area (Å²) in [5.74, 6) is 2.03. The molecule has 0 radical (unpaired) electrons. The molecule has 154 valence electrons. The van der Waals surface area contributed by atoms with E-state index in [9.17, 15) is 0 Å². The van der Waals surface area contributed by atoms with Gasteiger partial charge < -0.3 is 15.4 Å². The first-order chi connectivity index (χ1) is 12.8. The lowest BCUT2D eigenvalue weighted by molar-refractivity contribution is 0.208. The van der Waals surface area contributed by atoms with Gasteiger partial charge in [-0.25, -0.2) is 0 Å². The zero-order chi connectivity index (χ0) is 20.7. The maximum atomic E-state index is 5.73. The van der Waals surface area contributed by atoms with Crippen LogP contribution in [0.15, 0.2) is 61.2 Å². The van der Waals surface area contributed by atoms with Crippen LogP contribution in [-0.4, -0.2) is 19.2 Å². The van der Waals surface area contributed by atoms with Gasteiger partial charge in [0, 0.05) is 12.2 Å². The second-order valence-corrected chi connectivity index (χ2v) is 7.79. The summed E-state index contributed by atoms with van der Waals surface area (Å²) >= 11 is 0. The van der Waals surface area contributed by atoms with Gasteiger partial charge in [0.15, 0.2) is 5.88 Å². The summed E-state index contributed by atoms with van der Waals surface area (Å²) in [4.78, 5) is 0. The Labute approximate surface area is 168 Å². The van der Waals surface area contributed by atoms with Crippen LogP contribution in [0.25, 0.3) is 0 Å². The molecule has 0 unspecified atom stereocenters. The molecule has 0 bridgehead atoms. The first-order valence-corrected chi connectivity index (χ1v) is 10.3. The maximum absolute atomic E-state index is 5.73. The predicted octanol–water partition coefficient (Wildman–Crippen LogP) is 6.10. The van der Waals surface area contributed by atoms with Gasteiger partial charge in [-0.05, 0) is 43.3 Å². The standard InChI is InChI=1S/C19H30N2O.C5H12/c1-6-12-20-16(4)19(13-15(2)3)21-17(5)22-14-18-10-8-7-9-11-18;1-4-5(2)3/h6,8,10-11,15,19-21H,1,4-5,7,9,12-14H2,2-3H3;5H,4H2,1-3H3/t19-;/m0./s1. The van der Waals surface area contributed by atoms with Gasteiger partial charge >= 0.3 is 0 Å². The van der Waals surface area contributed by atoms with E-state index in [4.69, 9.17) is 4.74 Å². The van der Waals surface area contributed by atoms with Crippen molar-refractivity contribution in [3.8, 4) is 0 Å². The minimum atomic E-state index is 0.100. The largest absolute Gasteiger partial charge is 0.475 e. The average Bonchev–Trinajstić information content (AvgIpc) is 2.64. The Morgan fingerprint density at radius 3 is 2.33 bits per heavy atom. The molecule has 1 aliphatic carbocycles. The molecule has 3 heteroatoms. The highest BCUT2D eigenvalue weighted by Gasteiger charge is 2.15. The molecular formula is C24H42N2O. The Bertz CT molecular complexity index is 501. The fraction of sp³-hybridized carbons (Fsp3) is 0.583. The number of allylic oxidation sites excluding steroid dienone is 2. The van der Waals surface area contributed by atoms with Gasteiger partial charge in [0.1, 0.15) is 6.61 Å². The van der Waals surface area contributed by atoms with Gasteiger partial charge in [-0.15, -0.1) is 6.58 Å². The number of rotatable bonds is 12. The van der Waals surface area contributed by atoms with E-state index >= 15 is 0 Å². The van der Waals surface area contributed by atoms with Crippen molar-refractivity contribution < 1.29 is 4.74 Å². The third kappa shape index (κ3) is 13.9. The molecular weight excluding hydrogens is 332 g/mol. The van der Waals surface area contributed by atoms with Gasteiger partial charge in [-0.2, -0.15) is 0 Å². The SMILES string of the molecule is C=CCNC(=C)[C@H](CC(C)C)NC(=C)OCC1=CCCC=C1.CCC(C)C. The molecule has 1 atom stereocenters.